The maximum absolute atomic E-state index is 14.5. The number of benzene rings is 1. The van der Waals surface area contributed by atoms with Crippen molar-refractivity contribution in [3.8, 4) is 0 Å². The lowest BCUT2D eigenvalue weighted by molar-refractivity contribution is -0.125. The number of ketones is 1. The molecular formula is C25H25FN2O3. The number of carbonyl (C=O) groups excluding carboxylic acids is 2. The Morgan fingerprint density at radius 2 is 2.03 bits per heavy atom. The van der Waals surface area contributed by atoms with Gasteiger partial charge in [0.15, 0.2) is 5.78 Å². The van der Waals surface area contributed by atoms with Gasteiger partial charge in [0.2, 0.25) is 0 Å². The van der Waals surface area contributed by atoms with Crippen LogP contribution in [0.15, 0.2) is 46.3 Å². The molecule has 5 nitrogen and oxygen atoms in total. The normalized spacial score (nSPS) is 24.1. The molecule has 0 spiro atoms. The lowest BCUT2D eigenvalue weighted by Crippen LogP contribution is -2.28. The number of anilines is 1. The van der Waals surface area contributed by atoms with E-state index < -0.39 is 6.10 Å². The molecule has 2 aliphatic carbocycles. The summed E-state index contributed by atoms with van der Waals surface area (Å²) in [7, 11) is 1.97. The fourth-order valence-electron chi connectivity index (χ4n) is 5.30. The molecule has 0 radical (unpaired) electrons. The number of fused-ring (bicyclic) bond motifs is 1. The number of hydrogen-bond donors (Lipinski definition) is 2. The van der Waals surface area contributed by atoms with Crippen LogP contribution >= 0.6 is 0 Å². The van der Waals surface area contributed by atoms with Gasteiger partial charge >= 0.3 is 0 Å². The van der Waals surface area contributed by atoms with Gasteiger partial charge < -0.3 is 15.3 Å². The maximum atomic E-state index is 14.5. The number of likely N-dealkylation sites (tertiary alicyclic amines) is 1. The Bertz CT molecular complexity index is 1160. The second-order valence-corrected chi connectivity index (χ2v) is 8.75. The van der Waals surface area contributed by atoms with E-state index in [1.807, 2.05) is 20.2 Å². The Kier molecular flexibility index (Phi) is 4.70. The van der Waals surface area contributed by atoms with Crippen molar-refractivity contribution >= 4 is 23.3 Å². The SMILES string of the molecule is Cc1c(F)cc2c3c1CCCC3=C1CN(C)/C(=C\C3=C(C=O)CCC(=O)C3O)C1=CN2. The minimum atomic E-state index is -1.28. The predicted octanol–water partition coefficient (Wildman–Crippen LogP) is 3.58. The Balaban J connectivity index is 1.68. The molecule has 1 fully saturated rings. The van der Waals surface area contributed by atoms with Crippen LogP contribution < -0.4 is 5.32 Å². The number of nitrogens with one attached hydrogen (secondary N) is 1. The lowest BCUT2D eigenvalue weighted by atomic mass is 9.81. The first-order valence-corrected chi connectivity index (χ1v) is 10.7. The third-order valence-corrected chi connectivity index (χ3v) is 7.00. The molecule has 0 bridgehead atoms. The molecule has 2 heterocycles. The van der Waals surface area contributed by atoms with Crippen molar-refractivity contribution in [3.63, 3.8) is 0 Å². The molecule has 1 atom stereocenters. The molecule has 1 aromatic carbocycles. The van der Waals surface area contributed by atoms with Crippen molar-refractivity contribution in [1.29, 1.82) is 0 Å². The van der Waals surface area contributed by atoms with Gasteiger partial charge in [-0.2, -0.15) is 0 Å². The molecule has 1 saturated heterocycles. The maximum Gasteiger partial charge on any atom is 0.166 e. The van der Waals surface area contributed by atoms with E-state index in [1.54, 1.807) is 12.1 Å². The molecule has 2 aliphatic heterocycles. The Labute approximate surface area is 180 Å². The van der Waals surface area contributed by atoms with Crippen molar-refractivity contribution in [2.75, 3.05) is 18.9 Å². The van der Waals surface area contributed by atoms with Gasteiger partial charge in [-0.15, -0.1) is 0 Å². The van der Waals surface area contributed by atoms with E-state index in [0.717, 1.165) is 53.6 Å². The number of aldehydes is 1. The zero-order valence-corrected chi connectivity index (χ0v) is 17.7. The average Bonchev–Trinajstić information content (AvgIpc) is 2.99. The van der Waals surface area contributed by atoms with Gasteiger partial charge in [-0.1, -0.05) is 0 Å². The van der Waals surface area contributed by atoms with Crippen LogP contribution in [0.25, 0.3) is 5.57 Å². The number of aliphatic hydroxyl groups is 1. The number of Topliss-reactive ketones (excluding diaryl/α,β-unsaturated/α-hetero) is 1. The highest BCUT2D eigenvalue weighted by atomic mass is 19.1. The topological polar surface area (TPSA) is 69.6 Å². The highest BCUT2D eigenvalue weighted by molar-refractivity contribution is 5.93. The van der Waals surface area contributed by atoms with Crippen LogP contribution in [-0.4, -0.2) is 41.8 Å². The summed E-state index contributed by atoms with van der Waals surface area (Å²) in [4.78, 5) is 25.8. The predicted molar refractivity (Wildman–Crippen MR) is 117 cm³/mol. The van der Waals surface area contributed by atoms with Gasteiger partial charge in [-0.3, -0.25) is 9.59 Å². The second kappa shape index (κ2) is 7.31. The van der Waals surface area contributed by atoms with Gasteiger partial charge in [-0.05, 0) is 78.2 Å². The number of hydrogen-bond acceptors (Lipinski definition) is 5. The summed E-state index contributed by atoms with van der Waals surface area (Å²) in [5, 5.41) is 13.8. The molecule has 0 amide bonds. The van der Waals surface area contributed by atoms with Crippen molar-refractivity contribution in [2.24, 2.45) is 0 Å². The van der Waals surface area contributed by atoms with Crippen LogP contribution in [0, 0.1) is 12.7 Å². The zero-order valence-electron chi connectivity index (χ0n) is 17.7. The summed E-state index contributed by atoms with van der Waals surface area (Å²) in [5.41, 5.74) is 8.75. The first-order chi connectivity index (χ1) is 14.9. The van der Waals surface area contributed by atoms with E-state index in [1.165, 1.54) is 11.1 Å². The molecule has 0 saturated carbocycles. The number of likely N-dealkylation sites (N-methyl/N-ethyl adjacent to an activating group) is 1. The molecule has 4 aliphatic rings. The van der Waals surface area contributed by atoms with Crippen molar-refractivity contribution < 1.29 is 19.1 Å². The smallest absolute Gasteiger partial charge is 0.166 e. The number of aliphatic hydroxyl groups excluding tert-OH is 1. The van der Waals surface area contributed by atoms with Gasteiger partial charge in [0, 0.05) is 48.7 Å². The highest BCUT2D eigenvalue weighted by Crippen LogP contribution is 2.47. The summed E-state index contributed by atoms with van der Waals surface area (Å²) in [6, 6.07) is 1.57. The molecule has 160 valence electrons. The number of halogens is 1. The monoisotopic (exact) mass is 420 g/mol. The highest BCUT2D eigenvalue weighted by Gasteiger charge is 2.35. The second-order valence-electron chi connectivity index (χ2n) is 8.75. The summed E-state index contributed by atoms with van der Waals surface area (Å²) >= 11 is 0. The molecule has 1 unspecified atom stereocenters. The van der Waals surface area contributed by atoms with Gasteiger partial charge in [-0.25, -0.2) is 4.39 Å². The number of rotatable bonds is 2. The fraction of sp³-hybridized carbons (Fsp3) is 0.360. The van der Waals surface area contributed by atoms with Gasteiger partial charge in [0.1, 0.15) is 18.2 Å². The minimum absolute atomic E-state index is 0.181. The van der Waals surface area contributed by atoms with Crippen LogP contribution in [-0.2, 0) is 16.0 Å². The van der Waals surface area contributed by atoms with Crippen LogP contribution in [0.3, 0.4) is 0 Å². The van der Waals surface area contributed by atoms with E-state index in [4.69, 9.17) is 0 Å². The summed E-state index contributed by atoms with van der Waals surface area (Å²) in [6.07, 6.45) is 6.41. The molecule has 5 rings (SSSR count). The van der Waals surface area contributed by atoms with Crippen molar-refractivity contribution in [2.45, 2.75) is 45.1 Å². The molecule has 1 aromatic rings. The zero-order chi connectivity index (χ0) is 21.9. The third kappa shape index (κ3) is 3.00. The molecule has 0 aromatic heterocycles. The minimum Gasteiger partial charge on any atom is -0.381 e. The summed E-state index contributed by atoms with van der Waals surface area (Å²) in [5.74, 6) is -0.463. The standard InChI is InChI=1S/C25H25FN2O3/c1-13-15-4-3-5-16-19-11-28(2)22(8-17-14(12-29)6-7-23(30)25(17)31)18(19)10-27-21(24(15)16)9-20(13)26/h8-10,12,25,27,31H,3-7,11H2,1-2H3/b22-8-. The Morgan fingerprint density at radius 1 is 1.23 bits per heavy atom. The first kappa shape index (κ1) is 19.9. The molecule has 2 N–H and O–H groups in total. The van der Waals surface area contributed by atoms with E-state index in [-0.39, 0.29) is 18.0 Å². The Morgan fingerprint density at radius 3 is 2.81 bits per heavy atom. The van der Waals surface area contributed by atoms with Crippen molar-refractivity contribution in [1.82, 2.24) is 4.90 Å². The van der Waals surface area contributed by atoms with Crippen LogP contribution in [0.5, 0.6) is 0 Å². The average molecular weight is 420 g/mol. The van der Waals surface area contributed by atoms with E-state index in [2.05, 4.69) is 10.2 Å². The van der Waals surface area contributed by atoms with Gasteiger partial charge in [0.05, 0.1) is 0 Å². The van der Waals surface area contributed by atoms with E-state index >= 15 is 0 Å². The van der Waals surface area contributed by atoms with E-state index in [0.29, 0.717) is 29.7 Å². The number of nitrogens with zero attached hydrogens (tertiary/aromatic N) is 1. The van der Waals surface area contributed by atoms with Gasteiger partial charge in [0.25, 0.3) is 0 Å². The quantitative estimate of drug-likeness (QED) is 0.716. The van der Waals surface area contributed by atoms with Crippen LogP contribution in [0.2, 0.25) is 0 Å². The van der Waals surface area contributed by atoms with Crippen LogP contribution in [0.1, 0.15) is 42.4 Å². The first-order valence-electron chi connectivity index (χ1n) is 10.7. The van der Waals surface area contributed by atoms with E-state index in [9.17, 15) is 19.1 Å². The number of allylic oxidation sites excluding steroid dienone is 3. The summed E-state index contributed by atoms with van der Waals surface area (Å²) < 4.78 is 14.5. The molecule has 31 heavy (non-hydrogen) atoms. The van der Waals surface area contributed by atoms with Crippen molar-refractivity contribution in [3.05, 3.63) is 68.8 Å². The fourth-order valence-corrected chi connectivity index (χ4v) is 5.30. The van der Waals surface area contributed by atoms with Crippen LogP contribution in [0.4, 0.5) is 10.1 Å². The largest absolute Gasteiger partial charge is 0.381 e. The third-order valence-electron chi connectivity index (χ3n) is 7.00. The Hall–Kier alpha value is -2.99. The molecule has 6 heteroatoms. The molecular weight excluding hydrogens is 395 g/mol. The lowest BCUT2D eigenvalue weighted by Gasteiger charge is -2.25. The summed E-state index contributed by atoms with van der Waals surface area (Å²) in [6.45, 7) is 2.52. The number of carbonyl (C=O) groups is 2.